The zero-order valence-electron chi connectivity index (χ0n) is 14.7. The number of carbonyl (C=O) groups is 1. The summed E-state index contributed by atoms with van der Waals surface area (Å²) in [7, 11) is 1.76. The molecule has 0 spiro atoms. The second-order valence-corrected chi connectivity index (χ2v) is 6.85. The topological polar surface area (TPSA) is 56.8 Å². The van der Waals surface area contributed by atoms with E-state index < -0.39 is 6.10 Å². The molecule has 5 nitrogen and oxygen atoms in total. The van der Waals surface area contributed by atoms with Crippen LogP contribution in [0, 0.1) is 0 Å². The van der Waals surface area contributed by atoms with Crippen molar-refractivity contribution in [2.24, 2.45) is 0 Å². The minimum Gasteiger partial charge on any atom is -0.494 e. The zero-order chi connectivity index (χ0) is 17.8. The van der Waals surface area contributed by atoms with Gasteiger partial charge in [0.05, 0.1) is 24.0 Å². The monoisotopic (exact) mass is 361 g/mol. The van der Waals surface area contributed by atoms with E-state index in [4.69, 9.17) is 14.2 Å². The summed E-state index contributed by atoms with van der Waals surface area (Å²) in [5.41, 5.74) is 1.31. The van der Waals surface area contributed by atoms with Gasteiger partial charge in [0.25, 0.3) is 0 Å². The maximum Gasteiger partial charge on any atom is 0.210 e. The number of hydrogen-bond acceptors (Lipinski definition) is 6. The Balaban J connectivity index is 1.96. The van der Waals surface area contributed by atoms with Crippen molar-refractivity contribution < 1.29 is 19.0 Å². The van der Waals surface area contributed by atoms with Gasteiger partial charge in [0.15, 0.2) is 12.0 Å². The third-order valence-corrected chi connectivity index (χ3v) is 5.19. The molecule has 134 valence electrons. The van der Waals surface area contributed by atoms with Crippen molar-refractivity contribution in [3.63, 3.8) is 0 Å². The predicted molar refractivity (Wildman–Crippen MR) is 99.8 cm³/mol. The molecule has 25 heavy (non-hydrogen) atoms. The standard InChI is InChI=1S/C19H23NO4S/c1-4-22-13-9-12(10-14(11-13)23-5-2)16-17(21)18(24-19(16)20-3)15-7-6-8-25-15/h6,8-11,15,18,20H,4-5,7H2,1-3H3. The van der Waals surface area contributed by atoms with Gasteiger partial charge in [0, 0.05) is 13.1 Å². The number of allylic oxidation sites excluding steroid dienone is 1. The Bertz CT molecular complexity index is 681. The first-order valence-corrected chi connectivity index (χ1v) is 9.46. The van der Waals surface area contributed by atoms with Gasteiger partial charge in [-0.3, -0.25) is 4.79 Å². The highest BCUT2D eigenvalue weighted by molar-refractivity contribution is 8.03. The summed E-state index contributed by atoms with van der Waals surface area (Å²) in [4.78, 5) is 13.1. The molecule has 2 heterocycles. The second kappa shape index (κ2) is 7.87. The summed E-state index contributed by atoms with van der Waals surface area (Å²) in [6, 6.07) is 5.56. The van der Waals surface area contributed by atoms with E-state index in [1.54, 1.807) is 18.8 Å². The molecule has 1 aromatic carbocycles. The number of ether oxygens (including phenoxy) is 3. The van der Waals surface area contributed by atoms with Crippen molar-refractivity contribution in [1.29, 1.82) is 0 Å². The van der Waals surface area contributed by atoms with E-state index in [-0.39, 0.29) is 11.0 Å². The molecule has 6 heteroatoms. The number of thioether (sulfide) groups is 1. The molecular formula is C19H23NO4S. The lowest BCUT2D eigenvalue weighted by atomic mass is 9.98. The molecular weight excluding hydrogens is 338 g/mol. The molecule has 2 unspecified atom stereocenters. The fraction of sp³-hybridized carbons (Fsp3) is 0.421. The summed E-state index contributed by atoms with van der Waals surface area (Å²) in [5, 5.41) is 5.17. The van der Waals surface area contributed by atoms with Crippen molar-refractivity contribution >= 4 is 23.1 Å². The van der Waals surface area contributed by atoms with Crippen molar-refractivity contribution in [2.75, 3.05) is 20.3 Å². The Hall–Kier alpha value is -2.08. The normalized spacial score (nSPS) is 22.3. The van der Waals surface area contributed by atoms with E-state index in [1.165, 1.54) is 0 Å². The third kappa shape index (κ3) is 3.63. The van der Waals surface area contributed by atoms with Gasteiger partial charge in [-0.2, -0.15) is 0 Å². The Kier molecular flexibility index (Phi) is 5.58. The number of hydrogen-bond donors (Lipinski definition) is 1. The summed E-state index contributed by atoms with van der Waals surface area (Å²) in [5.74, 6) is 1.87. The van der Waals surface area contributed by atoms with Crippen LogP contribution in [0.1, 0.15) is 25.8 Å². The van der Waals surface area contributed by atoms with Crippen LogP contribution < -0.4 is 14.8 Å². The van der Waals surface area contributed by atoms with Gasteiger partial charge in [0.1, 0.15) is 11.5 Å². The first kappa shape index (κ1) is 17.7. The van der Waals surface area contributed by atoms with E-state index >= 15 is 0 Å². The maximum atomic E-state index is 13.1. The maximum absolute atomic E-state index is 13.1. The predicted octanol–water partition coefficient (Wildman–Crippen LogP) is 3.36. The molecule has 0 fully saturated rings. The lowest BCUT2D eigenvalue weighted by Crippen LogP contribution is -2.29. The van der Waals surface area contributed by atoms with E-state index in [1.807, 2.05) is 37.5 Å². The Morgan fingerprint density at radius 3 is 2.40 bits per heavy atom. The highest BCUT2D eigenvalue weighted by Gasteiger charge is 2.41. The molecule has 1 aromatic rings. The number of rotatable bonds is 7. The number of nitrogens with one attached hydrogen (secondary N) is 1. The first-order valence-electron chi connectivity index (χ1n) is 8.52. The van der Waals surface area contributed by atoms with Gasteiger partial charge in [-0.1, -0.05) is 6.08 Å². The Morgan fingerprint density at radius 2 is 1.88 bits per heavy atom. The molecule has 2 aliphatic rings. The molecule has 0 saturated heterocycles. The highest BCUT2D eigenvalue weighted by atomic mass is 32.2. The molecule has 0 saturated carbocycles. The van der Waals surface area contributed by atoms with Crippen LogP contribution in [0.2, 0.25) is 0 Å². The molecule has 3 rings (SSSR count). The van der Waals surface area contributed by atoms with Gasteiger partial charge in [-0.05, 0) is 43.4 Å². The lowest BCUT2D eigenvalue weighted by molar-refractivity contribution is -0.120. The quantitative estimate of drug-likeness (QED) is 0.804. The van der Waals surface area contributed by atoms with Gasteiger partial charge in [-0.25, -0.2) is 0 Å². The SMILES string of the molecule is CCOc1cc(OCC)cc(C2=C(NC)OC(C3CC=CS3)C2=O)c1. The molecule has 2 atom stereocenters. The second-order valence-electron chi connectivity index (χ2n) is 5.70. The Morgan fingerprint density at radius 1 is 1.20 bits per heavy atom. The molecule has 1 N–H and O–H groups in total. The van der Waals surface area contributed by atoms with Gasteiger partial charge >= 0.3 is 0 Å². The summed E-state index contributed by atoms with van der Waals surface area (Å²) >= 11 is 1.65. The zero-order valence-corrected chi connectivity index (χ0v) is 15.5. The molecule has 0 aromatic heterocycles. The Labute approximate surface area is 152 Å². The average molecular weight is 361 g/mol. The van der Waals surface area contributed by atoms with Crippen molar-refractivity contribution in [2.45, 2.75) is 31.6 Å². The fourth-order valence-electron chi connectivity index (χ4n) is 3.01. The van der Waals surface area contributed by atoms with Gasteiger partial charge in [-0.15, -0.1) is 11.8 Å². The van der Waals surface area contributed by atoms with Gasteiger partial charge < -0.3 is 19.5 Å². The summed E-state index contributed by atoms with van der Waals surface area (Å²) in [6.07, 6.45) is 2.45. The van der Waals surface area contributed by atoms with E-state index in [0.717, 1.165) is 12.0 Å². The van der Waals surface area contributed by atoms with Crippen LogP contribution in [0.5, 0.6) is 11.5 Å². The molecule has 2 aliphatic heterocycles. The van der Waals surface area contributed by atoms with Crippen molar-refractivity contribution in [1.82, 2.24) is 5.32 Å². The number of benzene rings is 1. The molecule has 0 radical (unpaired) electrons. The van der Waals surface area contributed by atoms with Crippen LogP contribution in [-0.2, 0) is 9.53 Å². The van der Waals surface area contributed by atoms with Crippen molar-refractivity contribution in [3.8, 4) is 11.5 Å². The minimum absolute atomic E-state index is 0.00152. The van der Waals surface area contributed by atoms with Crippen LogP contribution in [0.4, 0.5) is 0 Å². The summed E-state index contributed by atoms with van der Waals surface area (Å²) in [6.45, 7) is 4.94. The summed E-state index contributed by atoms with van der Waals surface area (Å²) < 4.78 is 17.2. The number of carbonyl (C=O) groups excluding carboxylic acids is 1. The van der Waals surface area contributed by atoms with Crippen LogP contribution in [0.3, 0.4) is 0 Å². The lowest BCUT2D eigenvalue weighted by Gasteiger charge is -2.16. The molecule has 0 bridgehead atoms. The van der Waals surface area contributed by atoms with E-state index in [2.05, 4.69) is 11.4 Å². The molecule has 0 amide bonds. The van der Waals surface area contributed by atoms with Crippen LogP contribution in [-0.4, -0.2) is 37.4 Å². The smallest absolute Gasteiger partial charge is 0.210 e. The van der Waals surface area contributed by atoms with Crippen molar-refractivity contribution in [3.05, 3.63) is 41.1 Å². The highest BCUT2D eigenvalue weighted by Crippen LogP contribution is 2.39. The minimum atomic E-state index is -0.469. The van der Waals surface area contributed by atoms with Crippen LogP contribution in [0.15, 0.2) is 35.6 Å². The van der Waals surface area contributed by atoms with E-state index in [9.17, 15) is 4.79 Å². The van der Waals surface area contributed by atoms with Crippen LogP contribution in [0.25, 0.3) is 5.57 Å². The van der Waals surface area contributed by atoms with E-state index in [0.29, 0.717) is 36.2 Å². The first-order chi connectivity index (χ1) is 12.2. The number of Topliss-reactive ketones (excluding diaryl/α,β-unsaturated/α-hetero) is 1. The third-order valence-electron chi connectivity index (χ3n) is 4.05. The van der Waals surface area contributed by atoms with Gasteiger partial charge in [0.2, 0.25) is 5.78 Å². The van der Waals surface area contributed by atoms with Crippen LogP contribution >= 0.6 is 11.8 Å². The average Bonchev–Trinajstić information content (AvgIpc) is 3.22. The number of ketones is 1. The largest absolute Gasteiger partial charge is 0.494 e. The fourth-order valence-corrected chi connectivity index (χ4v) is 3.98. The molecule has 0 aliphatic carbocycles.